The van der Waals surface area contributed by atoms with Gasteiger partial charge in [0.25, 0.3) is 0 Å². The van der Waals surface area contributed by atoms with Gasteiger partial charge in [-0.15, -0.1) is 0 Å². The average Bonchev–Trinajstić information content (AvgIpc) is 2.54. The van der Waals surface area contributed by atoms with Gasteiger partial charge in [0, 0.05) is 19.4 Å². The normalized spacial score (nSPS) is 17.0. The van der Waals surface area contributed by atoms with Crippen molar-refractivity contribution < 1.29 is 14.3 Å². The van der Waals surface area contributed by atoms with Crippen LogP contribution in [0.5, 0.6) is 5.88 Å². The van der Waals surface area contributed by atoms with Crippen molar-refractivity contribution in [2.75, 3.05) is 40.0 Å². The summed E-state index contributed by atoms with van der Waals surface area (Å²) in [6, 6.07) is 3.41. The Hall–Kier alpha value is -1.37. The standard InChI is InChI=1S/C15H22ClN3O3/c1-21-11-15(4-6-17-7-5-15)14(20)18-8-9-22-13-3-2-12(16)10-19-13/h2-3,10,17H,4-9,11H2,1H3,(H,18,20). The van der Waals surface area contributed by atoms with E-state index in [-0.39, 0.29) is 5.91 Å². The van der Waals surface area contributed by atoms with Gasteiger partial charge < -0.3 is 20.1 Å². The third-order valence-electron chi connectivity index (χ3n) is 3.80. The van der Waals surface area contributed by atoms with Crippen LogP contribution < -0.4 is 15.4 Å². The highest BCUT2D eigenvalue weighted by molar-refractivity contribution is 6.30. The topological polar surface area (TPSA) is 72.5 Å². The van der Waals surface area contributed by atoms with E-state index in [0.29, 0.717) is 30.7 Å². The fourth-order valence-electron chi connectivity index (χ4n) is 2.57. The SMILES string of the molecule is COCC1(C(=O)NCCOc2ccc(Cl)cn2)CCNCC1. The molecule has 1 aliphatic rings. The lowest BCUT2D eigenvalue weighted by Crippen LogP contribution is -2.50. The van der Waals surface area contributed by atoms with Gasteiger partial charge in [0.05, 0.1) is 23.6 Å². The molecule has 6 nitrogen and oxygen atoms in total. The Morgan fingerprint density at radius 2 is 2.23 bits per heavy atom. The Bertz CT molecular complexity index is 470. The summed E-state index contributed by atoms with van der Waals surface area (Å²) in [5, 5.41) is 6.76. The van der Waals surface area contributed by atoms with Crippen molar-refractivity contribution in [2.45, 2.75) is 12.8 Å². The third kappa shape index (κ3) is 4.56. The Kier molecular flexibility index (Phi) is 6.42. The first-order chi connectivity index (χ1) is 10.7. The quantitative estimate of drug-likeness (QED) is 0.737. The molecule has 0 spiro atoms. The van der Waals surface area contributed by atoms with Crippen molar-refractivity contribution in [3.63, 3.8) is 0 Å². The molecule has 0 radical (unpaired) electrons. The molecule has 2 rings (SSSR count). The number of nitrogens with zero attached hydrogens (tertiary/aromatic N) is 1. The number of hydrogen-bond donors (Lipinski definition) is 2. The molecule has 0 atom stereocenters. The number of nitrogens with one attached hydrogen (secondary N) is 2. The van der Waals surface area contributed by atoms with E-state index in [1.807, 2.05) is 0 Å². The average molecular weight is 328 g/mol. The van der Waals surface area contributed by atoms with Crippen LogP contribution in [0, 0.1) is 5.41 Å². The molecule has 0 bridgehead atoms. The van der Waals surface area contributed by atoms with Crippen LogP contribution in [-0.2, 0) is 9.53 Å². The Morgan fingerprint density at radius 1 is 1.45 bits per heavy atom. The third-order valence-corrected chi connectivity index (χ3v) is 4.02. The van der Waals surface area contributed by atoms with E-state index in [0.717, 1.165) is 25.9 Å². The Labute approximate surface area is 135 Å². The number of carbonyl (C=O) groups excluding carboxylic acids is 1. The number of carbonyl (C=O) groups is 1. The molecule has 1 amide bonds. The molecule has 0 saturated carbocycles. The minimum absolute atomic E-state index is 0.0310. The van der Waals surface area contributed by atoms with Gasteiger partial charge in [0.2, 0.25) is 11.8 Å². The molecule has 22 heavy (non-hydrogen) atoms. The zero-order chi connectivity index (χ0) is 15.8. The van der Waals surface area contributed by atoms with Gasteiger partial charge in [-0.25, -0.2) is 4.98 Å². The first-order valence-corrected chi connectivity index (χ1v) is 7.76. The molecule has 122 valence electrons. The molecule has 1 aromatic heterocycles. The first-order valence-electron chi connectivity index (χ1n) is 7.39. The number of piperidine rings is 1. The summed E-state index contributed by atoms with van der Waals surface area (Å²) in [6.45, 7) is 2.91. The van der Waals surface area contributed by atoms with Crippen molar-refractivity contribution in [1.29, 1.82) is 0 Å². The van der Waals surface area contributed by atoms with Crippen LogP contribution in [0.15, 0.2) is 18.3 Å². The van der Waals surface area contributed by atoms with Gasteiger partial charge in [0.15, 0.2) is 0 Å². The van der Waals surface area contributed by atoms with Gasteiger partial charge in [0.1, 0.15) is 6.61 Å². The van der Waals surface area contributed by atoms with Crippen LogP contribution in [-0.4, -0.2) is 50.8 Å². The lowest BCUT2D eigenvalue weighted by molar-refractivity contribution is -0.136. The van der Waals surface area contributed by atoms with Crippen LogP contribution in [0.3, 0.4) is 0 Å². The summed E-state index contributed by atoms with van der Waals surface area (Å²) >= 11 is 5.75. The summed E-state index contributed by atoms with van der Waals surface area (Å²) in [7, 11) is 1.63. The van der Waals surface area contributed by atoms with Crippen molar-refractivity contribution >= 4 is 17.5 Å². The number of ether oxygens (including phenoxy) is 2. The van der Waals surface area contributed by atoms with E-state index in [2.05, 4.69) is 15.6 Å². The van der Waals surface area contributed by atoms with Gasteiger partial charge >= 0.3 is 0 Å². The highest BCUT2D eigenvalue weighted by atomic mass is 35.5. The molecular formula is C15H22ClN3O3. The maximum absolute atomic E-state index is 12.5. The lowest BCUT2D eigenvalue weighted by Gasteiger charge is -2.35. The van der Waals surface area contributed by atoms with Crippen LogP contribution in [0.25, 0.3) is 0 Å². The molecule has 0 aliphatic carbocycles. The maximum atomic E-state index is 12.5. The molecule has 0 aromatic carbocycles. The van der Waals surface area contributed by atoms with E-state index in [1.54, 1.807) is 19.2 Å². The van der Waals surface area contributed by atoms with E-state index in [4.69, 9.17) is 21.1 Å². The smallest absolute Gasteiger partial charge is 0.228 e. The number of amides is 1. The van der Waals surface area contributed by atoms with Gasteiger partial charge in [-0.05, 0) is 32.0 Å². The predicted octanol–water partition coefficient (Wildman–Crippen LogP) is 1.25. The molecule has 2 heterocycles. The number of methoxy groups -OCH3 is 1. The van der Waals surface area contributed by atoms with Gasteiger partial charge in [-0.1, -0.05) is 11.6 Å². The highest BCUT2D eigenvalue weighted by Crippen LogP contribution is 2.29. The largest absolute Gasteiger partial charge is 0.476 e. The second kappa shape index (κ2) is 8.31. The van der Waals surface area contributed by atoms with Crippen molar-refractivity contribution in [3.05, 3.63) is 23.4 Å². The molecule has 1 aliphatic heterocycles. The van der Waals surface area contributed by atoms with E-state index >= 15 is 0 Å². The fraction of sp³-hybridized carbons (Fsp3) is 0.600. The minimum atomic E-state index is -0.432. The van der Waals surface area contributed by atoms with Crippen LogP contribution in [0.1, 0.15) is 12.8 Å². The Morgan fingerprint density at radius 3 is 2.86 bits per heavy atom. The van der Waals surface area contributed by atoms with E-state index < -0.39 is 5.41 Å². The fourth-order valence-corrected chi connectivity index (χ4v) is 2.69. The van der Waals surface area contributed by atoms with E-state index in [1.165, 1.54) is 6.20 Å². The summed E-state index contributed by atoms with van der Waals surface area (Å²) in [6.07, 6.45) is 3.09. The number of rotatable bonds is 7. The van der Waals surface area contributed by atoms with Crippen molar-refractivity contribution in [2.24, 2.45) is 5.41 Å². The lowest BCUT2D eigenvalue weighted by atomic mass is 9.78. The van der Waals surface area contributed by atoms with Crippen LogP contribution in [0.4, 0.5) is 0 Å². The second-order valence-corrected chi connectivity index (χ2v) is 5.82. The van der Waals surface area contributed by atoms with Gasteiger partial charge in [-0.3, -0.25) is 4.79 Å². The van der Waals surface area contributed by atoms with Crippen molar-refractivity contribution in [1.82, 2.24) is 15.6 Å². The maximum Gasteiger partial charge on any atom is 0.228 e. The van der Waals surface area contributed by atoms with Gasteiger partial charge in [-0.2, -0.15) is 0 Å². The minimum Gasteiger partial charge on any atom is -0.476 e. The summed E-state index contributed by atoms with van der Waals surface area (Å²) < 4.78 is 10.7. The van der Waals surface area contributed by atoms with Crippen molar-refractivity contribution in [3.8, 4) is 5.88 Å². The molecule has 7 heteroatoms. The zero-order valence-electron chi connectivity index (χ0n) is 12.7. The molecule has 1 saturated heterocycles. The highest BCUT2D eigenvalue weighted by Gasteiger charge is 2.39. The zero-order valence-corrected chi connectivity index (χ0v) is 13.5. The van der Waals surface area contributed by atoms with Crippen LogP contribution in [0.2, 0.25) is 5.02 Å². The predicted molar refractivity (Wildman–Crippen MR) is 84.2 cm³/mol. The first kappa shape index (κ1) is 17.0. The number of halogens is 1. The summed E-state index contributed by atoms with van der Waals surface area (Å²) in [5.74, 6) is 0.524. The Balaban J connectivity index is 1.77. The molecule has 1 aromatic rings. The molecule has 1 fully saturated rings. The summed E-state index contributed by atoms with van der Waals surface area (Å²) in [4.78, 5) is 16.5. The van der Waals surface area contributed by atoms with Crippen LogP contribution >= 0.6 is 11.6 Å². The van der Waals surface area contributed by atoms with E-state index in [9.17, 15) is 4.79 Å². The molecule has 0 unspecified atom stereocenters. The number of pyridine rings is 1. The second-order valence-electron chi connectivity index (χ2n) is 5.38. The summed E-state index contributed by atoms with van der Waals surface area (Å²) in [5.41, 5.74) is -0.432. The number of hydrogen-bond acceptors (Lipinski definition) is 5. The molecular weight excluding hydrogens is 306 g/mol. The molecule has 2 N–H and O–H groups in total. The number of aromatic nitrogens is 1. The monoisotopic (exact) mass is 327 g/mol.